The van der Waals surface area contributed by atoms with Crippen LogP contribution < -0.4 is 0 Å². The van der Waals surface area contributed by atoms with E-state index in [4.69, 9.17) is 18.0 Å². The topological polar surface area (TPSA) is 36.9 Å². The van der Waals surface area contributed by atoms with Crippen LogP contribution in [0.1, 0.15) is 19.3 Å². The average Bonchev–Trinajstić information content (AvgIpc) is 2.28. The van der Waals surface area contributed by atoms with Gasteiger partial charge in [0.1, 0.15) is 0 Å². The second-order valence-corrected chi connectivity index (χ2v) is 11.2. The van der Waals surface area contributed by atoms with E-state index in [1.54, 1.807) is 21.3 Å². The Hall–Kier alpha value is 0.274. The van der Waals surface area contributed by atoms with Crippen molar-refractivity contribution in [1.82, 2.24) is 0 Å². The lowest BCUT2D eigenvalue weighted by Crippen LogP contribution is -2.55. The number of hydrogen-bond acceptors (Lipinski definition) is 4. The molecule has 1 aliphatic rings. The number of ether oxygens (including phenoxy) is 1. The zero-order valence-corrected chi connectivity index (χ0v) is 11.7. The van der Waals surface area contributed by atoms with Gasteiger partial charge in [-0.2, -0.15) is 0 Å². The van der Waals surface area contributed by atoms with Gasteiger partial charge in [0.25, 0.3) is 0 Å². The van der Waals surface area contributed by atoms with E-state index in [-0.39, 0.29) is 0 Å². The van der Waals surface area contributed by atoms with Crippen molar-refractivity contribution >= 4 is 17.4 Å². The minimum absolute atomic E-state index is 0.385. The Morgan fingerprint density at radius 2 is 1.79 bits per heavy atom. The van der Waals surface area contributed by atoms with Crippen LogP contribution in [0.5, 0.6) is 0 Å². The largest absolute Gasteiger partial charge is 0.464 e. The fraction of sp³-hybridized carbons (Fsp3) is 1.00. The Balaban J connectivity index is 2.44. The Morgan fingerprint density at radius 1 is 1.14 bits per heavy atom. The summed E-state index contributed by atoms with van der Waals surface area (Å²) >= 11 is 0. The van der Waals surface area contributed by atoms with Gasteiger partial charge in [-0.25, -0.2) is 0 Å². The lowest BCUT2D eigenvalue weighted by atomic mass is 10.2. The quantitative estimate of drug-likeness (QED) is 0.633. The second-order valence-electron chi connectivity index (χ2n) is 3.49. The normalized spacial score (nSPS) is 24.6. The molecule has 0 aliphatic carbocycles. The number of rotatable bonds is 5. The van der Waals surface area contributed by atoms with Gasteiger partial charge < -0.3 is 18.0 Å². The van der Waals surface area contributed by atoms with Crippen molar-refractivity contribution in [2.75, 3.05) is 27.9 Å². The van der Waals surface area contributed by atoms with E-state index < -0.39 is 17.4 Å². The van der Waals surface area contributed by atoms with Crippen molar-refractivity contribution in [2.24, 2.45) is 0 Å². The highest BCUT2D eigenvalue weighted by atomic mass is 29.2. The van der Waals surface area contributed by atoms with E-state index in [2.05, 4.69) is 0 Å². The summed E-state index contributed by atoms with van der Waals surface area (Å²) < 4.78 is 21.9. The summed E-state index contributed by atoms with van der Waals surface area (Å²) in [5.74, 6) is 0. The molecule has 6 heteroatoms. The zero-order chi connectivity index (χ0) is 10.4. The molecule has 14 heavy (non-hydrogen) atoms. The standard InChI is InChI=1S/C8H20O4Si2/c1-9-14(10-2,11-3)13-8-6-4-5-7-12-8/h8H,4-7,13H2,1-3H3. The molecule has 0 spiro atoms. The van der Waals surface area contributed by atoms with Gasteiger partial charge in [-0.1, -0.05) is 0 Å². The molecule has 84 valence electrons. The monoisotopic (exact) mass is 236 g/mol. The summed E-state index contributed by atoms with van der Waals surface area (Å²) in [6, 6.07) is 0. The molecule has 1 unspecified atom stereocenters. The van der Waals surface area contributed by atoms with Crippen LogP contribution >= 0.6 is 0 Å². The Labute approximate surface area is 88.9 Å². The summed E-state index contributed by atoms with van der Waals surface area (Å²) in [6.07, 6.45) is 3.60. The molecule has 1 saturated heterocycles. The fourth-order valence-electron chi connectivity index (χ4n) is 1.75. The third-order valence-electron chi connectivity index (χ3n) is 2.68. The molecule has 0 aromatic carbocycles. The van der Waals surface area contributed by atoms with E-state index in [1.165, 1.54) is 12.8 Å². The Kier molecular flexibility index (Phi) is 5.28. The van der Waals surface area contributed by atoms with E-state index in [9.17, 15) is 0 Å². The molecule has 1 rings (SSSR count). The van der Waals surface area contributed by atoms with Crippen LogP contribution in [0.2, 0.25) is 0 Å². The van der Waals surface area contributed by atoms with Crippen LogP contribution in [-0.4, -0.2) is 51.0 Å². The van der Waals surface area contributed by atoms with Crippen molar-refractivity contribution < 1.29 is 18.0 Å². The summed E-state index contributed by atoms with van der Waals surface area (Å²) in [5, 5.41) is 0. The van der Waals surface area contributed by atoms with Gasteiger partial charge in [0.15, 0.2) is 9.04 Å². The van der Waals surface area contributed by atoms with Gasteiger partial charge >= 0.3 is 8.32 Å². The maximum Gasteiger partial charge on any atom is 0.464 e. The summed E-state index contributed by atoms with van der Waals surface area (Å²) in [7, 11) is 2.16. The predicted octanol–water partition coefficient (Wildman–Crippen LogP) is 0.0566. The molecule has 0 amide bonds. The van der Waals surface area contributed by atoms with Crippen molar-refractivity contribution in [1.29, 1.82) is 0 Å². The van der Waals surface area contributed by atoms with Crippen molar-refractivity contribution in [3.63, 3.8) is 0 Å². The lowest BCUT2D eigenvalue weighted by Gasteiger charge is -2.30. The van der Waals surface area contributed by atoms with Gasteiger partial charge in [-0.05, 0) is 19.3 Å². The first kappa shape index (κ1) is 12.3. The SMILES string of the molecule is CO[Si](OC)(OC)[SiH2]C1CCCCO1. The molecule has 0 bridgehead atoms. The van der Waals surface area contributed by atoms with Crippen molar-refractivity contribution in [3.8, 4) is 0 Å². The van der Waals surface area contributed by atoms with E-state index in [0.29, 0.717) is 5.73 Å². The van der Waals surface area contributed by atoms with Gasteiger partial charge in [0, 0.05) is 33.7 Å². The van der Waals surface area contributed by atoms with Crippen LogP contribution in [0.3, 0.4) is 0 Å². The van der Waals surface area contributed by atoms with Crippen LogP contribution in [0.15, 0.2) is 0 Å². The second kappa shape index (κ2) is 5.99. The van der Waals surface area contributed by atoms with Crippen LogP contribution in [0.4, 0.5) is 0 Å². The maximum absolute atomic E-state index is 5.70. The molecule has 1 fully saturated rings. The number of hydrogen-bond donors (Lipinski definition) is 0. The van der Waals surface area contributed by atoms with Gasteiger partial charge in [-0.3, -0.25) is 0 Å². The molecule has 1 atom stereocenters. The smallest absolute Gasteiger partial charge is 0.382 e. The minimum atomic E-state index is -2.29. The van der Waals surface area contributed by atoms with Gasteiger partial charge in [0.2, 0.25) is 0 Å². The molecule has 0 radical (unpaired) electrons. The molecule has 0 saturated carbocycles. The molecular formula is C8H20O4Si2. The third-order valence-corrected chi connectivity index (χ3v) is 11.6. The van der Waals surface area contributed by atoms with Crippen molar-refractivity contribution in [2.45, 2.75) is 25.0 Å². The molecule has 4 nitrogen and oxygen atoms in total. The van der Waals surface area contributed by atoms with E-state index in [1.807, 2.05) is 0 Å². The first-order valence-corrected chi connectivity index (χ1v) is 9.90. The summed E-state index contributed by atoms with van der Waals surface area (Å²) in [4.78, 5) is 0. The highest BCUT2D eigenvalue weighted by Crippen LogP contribution is 2.16. The first-order chi connectivity index (χ1) is 6.76. The zero-order valence-electron chi connectivity index (χ0n) is 9.25. The summed E-state index contributed by atoms with van der Waals surface area (Å²) in [6.45, 7) is 0.888. The fourth-order valence-corrected chi connectivity index (χ4v) is 8.22. The van der Waals surface area contributed by atoms with Crippen LogP contribution in [-0.2, 0) is 18.0 Å². The molecule has 1 heterocycles. The summed E-state index contributed by atoms with van der Waals surface area (Å²) in [5.41, 5.74) is 0.385. The van der Waals surface area contributed by atoms with Gasteiger partial charge in [-0.15, -0.1) is 0 Å². The molecule has 0 aromatic rings. The average molecular weight is 236 g/mol. The molecule has 0 aromatic heterocycles. The lowest BCUT2D eigenvalue weighted by molar-refractivity contribution is 0.0622. The first-order valence-electron chi connectivity index (χ1n) is 5.03. The third kappa shape index (κ3) is 3.14. The van der Waals surface area contributed by atoms with Crippen molar-refractivity contribution in [3.05, 3.63) is 0 Å². The highest BCUT2D eigenvalue weighted by molar-refractivity contribution is 7.15. The van der Waals surface area contributed by atoms with E-state index in [0.717, 1.165) is 13.0 Å². The highest BCUT2D eigenvalue weighted by Gasteiger charge is 2.41. The molecular weight excluding hydrogens is 216 g/mol. The van der Waals surface area contributed by atoms with Crippen LogP contribution in [0, 0.1) is 0 Å². The van der Waals surface area contributed by atoms with E-state index >= 15 is 0 Å². The minimum Gasteiger partial charge on any atom is -0.382 e. The van der Waals surface area contributed by atoms with Gasteiger partial charge in [0.05, 0.1) is 0 Å². The maximum atomic E-state index is 5.70. The molecule has 0 N–H and O–H groups in total. The predicted molar refractivity (Wildman–Crippen MR) is 58.9 cm³/mol. The Morgan fingerprint density at radius 3 is 2.21 bits per heavy atom. The molecule has 1 aliphatic heterocycles. The Bertz CT molecular complexity index is 149. The van der Waals surface area contributed by atoms with Crippen LogP contribution in [0.25, 0.3) is 0 Å².